The Hall–Kier alpha value is -1.09. The molecule has 0 radical (unpaired) electrons. The zero-order valence-electron chi connectivity index (χ0n) is 11.4. The Bertz CT molecular complexity index is 337. The van der Waals surface area contributed by atoms with Crippen molar-refractivity contribution in [3.05, 3.63) is 23.9 Å². The second-order valence-corrected chi connectivity index (χ2v) is 4.89. The van der Waals surface area contributed by atoms with E-state index >= 15 is 0 Å². The van der Waals surface area contributed by atoms with Crippen LogP contribution in [0.3, 0.4) is 0 Å². The summed E-state index contributed by atoms with van der Waals surface area (Å²) in [6, 6.07) is 4.04. The largest absolute Gasteiger partial charge is 0.472 e. The van der Waals surface area contributed by atoms with Gasteiger partial charge in [0.15, 0.2) is 0 Å². The summed E-state index contributed by atoms with van der Waals surface area (Å²) < 4.78 is 5.86. The molecule has 1 rings (SSSR count). The minimum Gasteiger partial charge on any atom is -0.472 e. The fourth-order valence-corrected chi connectivity index (χ4v) is 1.38. The number of hydrogen-bond acceptors (Lipinski definition) is 3. The molecular formula is C14H24N2O. The van der Waals surface area contributed by atoms with Crippen LogP contribution in [0.15, 0.2) is 18.3 Å². The van der Waals surface area contributed by atoms with Crippen LogP contribution < -0.4 is 10.1 Å². The monoisotopic (exact) mass is 236 g/mol. The highest BCUT2D eigenvalue weighted by Crippen LogP contribution is 2.19. The van der Waals surface area contributed by atoms with Crippen LogP contribution in [0, 0.1) is 0 Å². The third kappa shape index (κ3) is 5.18. The molecule has 3 nitrogen and oxygen atoms in total. The molecule has 1 aromatic heterocycles. The first-order chi connectivity index (χ1) is 8.07. The summed E-state index contributed by atoms with van der Waals surface area (Å²) in [4.78, 5) is 4.25. The van der Waals surface area contributed by atoms with Gasteiger partial charge in [0.05, 0.1) is 0 Å². The molecule has 0 aliphatic rings. The van der Waals surface area contributed by atoms with E-state index in [1.807, 2.05) is 18.3 Å². The number of nitrogens with one attached hydrogen (secondary N) is 1. The number of nitrogens with zero attached hydrogens (tertiary/aromatic N) is 1. The normalized spacial score (nSPS) is 11.5. The molecule has 0 aliphatic carbocycles. The molecule has 0 fully saturated rings. The summed E-state index contributed by atoms with van der Waals surface area (Å²) >= 11 is 0. The van der Waals surface area contributed by atoms with Crippen molar-refractivity contribution in [2.75, 3.05) is 6.54 Å². The zero-order chi connectivity index (χ0) is 12.7. The van der Waals surface area contributed by atoms with Gasteiger partial charge in [-0.15, -0.1) is 0 Å². The van der Waals surface area contributed by atoms with Gasteiger partial charge in [-0.25, -0.2) is 4.98 Å². The average Bonchev–Trinajstić information content (AvgIpc) is 2.29. The third-order valence-electron chi connectivity index (χ3n) is 2.79. The second-order valence-electron chi connectivity index (χ2n) is 4.89. The van der Waals surface area contributed by atoms with Gasteiger partial charge in [-0.05, 0) is 44.9 Å². The molecule has 0 atom stereocenters. The van der Waals surface area contributed by atoms with Gasteiger partial charge in [0.2, 0.25) is 5.88 Å². The summed E-state index contributed by atoms with van der Waals surface area (Å²) in [6.45, 7) is 10.4. The zero-order valence-corrected chi connectivity index (χ0v) is 11.4. The van der Waals surface area contributed by atoms with Crippen LogP contribution in [0.1, 0.15) is 46.1 Å². The lowest BCUT2D eigenvalue weighted by Gasteiger charge is -2.24. The standard InChI is InChI=1S/C14H24N2O/c1-5-8-15-11-12-7-9-16-13(10-12)17-14(3,4)6-2/h7,9-10,15H,5-6,8,11H2,1-4H3. The molecule has 1 aromatic rings. The first-order valence-electron chi connectivity index (χ1n) is 6.42. The van der Waals surface area contributed by atoms with E-state index in [1.165, 1.54) is 5.56 Å². The van der Waals surface area contributed by atoms with E-state index in [2.05, 4.69) is 38.0 Å². The Balaban J connectivity index is 2.59. The van der Waals surface area contributed by atoms with Crippen molar-refractivity contribution in [3.8, 4) is 5.88 Å². The van der Waals surface area contributed by atoms with Crippen molar-refractivity contribution in [2.45, 2.75) is 52.7 Å². The molecule has 0 unspecified atom stereocenters. The topological polar surface area (TPSA) is 34.2 Å². The van der Waals surface area contributed by atoms with E-state index in [1.54, 1.807) is 0 Å². The molecular weight excluding hydrogens is 212 g/mol. The van der Waals surface area contributed by atoms with Gasteiger partial charge in [-0.1, -0.05) is 13.8 Å². The molecule has 3 heteroatoms. The van der Waals surface area contributed by atoms with Crippen molar-refractivity contribution >= 4 is 0 Å². The van der Waals surface area contributed by atoms with Gasteiger partial charge in [0, 0.05) is 18.8 Å². The minimum absolute atomic E-state index is 0.150. The predicted octanol–water partition coefficient (Wildman–Crippen LogP) is 3.15. The van der Waals surface area contributed by atoms with Crippen LogP contribution in [0.5, 0.6) is 5.88 Å². The summed E-state index contributed by atoms with van der Waals surface area (Å²) in [7, 11) is 0. The van der Waals surface area contributed by atoms with E-state index < -0.39 is 0 Å². The number of rotatable bonds is 7. The van der Waals surface area contributed by atoms with Crippen LogP contribution in [0.4, 0.5) is 0 Å². The van der Waals surface area contributed by atoms with Crippen LogP contribution in [0.25, 0.3) is 0 Å². The van der Waals surface area contributed by atoms with Gasteiger partial charge in [-0.2, -0.15) is 0 Å². The number of ether oxygens (including phenoxy) is 1. The molecule has 0 spiro atoms. The highest BCUT2D eigenvalue weighted by Gasteiger charge is 2.17. The summed E-state index contributed by atoms with van der Waals surface area (Å²) in [6.07, 6.45) is 3.92. The molecule has 96 valence electrons. The smallest absolute Gasteiger partial charge is 0.214 e. The highest BCUT2D eigenvalue weighted by atomic mass is 16.5. The van der Waals surface area contributed by atoms with Crippen molar-refractivity contribution < 1.29 is 4.74 Å². The average molecular weight is 236 g/mol. The lowest BCUT2D eigenvalue weighted by molar-refractivity contribution is 0.0989. The van der Waals surface area contributed by atoms with Crippen molar-refractivity contribution in [1.82, 2.24) is 10.3 Å². The summed E-state index contributed by atoms with van der Waals surface area (Å²) in [5.74, 6) is 0.715. The highest BCUT2D eigenvalue weighted by molar-refractivity contribution is 5.20. The van der Waals surface area contributed by atoms with E-state index in [9.17, 15) is 0 Å². The van der Waals surface area contributed by atoms with Crippen molar-refractivity contribution in [2.24, 2.45) is 0 Å². The molecule has 0 saturated heterocycles. The van der Waals surface area contributed by atoms with Crippen LogP contribution >= 0.6 is 0 Å². The Morgan fingerprint density at radius 3 is 2.76 bits per heavy atom. The van der Waals surface area contributed by atoms with Gasteiger partial charge in [-0.3, -0.25) is 0 Å². The second kappa shape index (κ2) is 6.60. The summed E-state index contributed by atoms with van der Waals surface area (Å²) in [5.41, 5.74) is 1.07. The van der Waals surface area contributed by atoms with Crippen LogP contribution in [-0.2, 0) is 6.54 Å². The van der Waals surface area contributed by atoms with E-state index in [0.29, 0.717) is 5.88 Å². The van der Waals surface area contributed by atoms with E-state index in [0.717, 1.165) is 25.9 Å². The Morgan fingerprint density at radius 2 is 2.12 bits per heavy atom. The number of aromatic nitrogens is 1. The number of hydrogen-bond donors (Lipinski definition) is 1. The molecule has 1 N–H and O–H groups in total. The Labute approximate surface area is 105 Å². The molecule has 17 heavy (non-hydrogen) atoms. The van der Waals surface area contributed by atoms with Gasteiger partial charge in [0.1, 0.15) is 5.60 Å². The SMILES string of the molecule is CCCNCc1ccnc(OC(C)(C)CC)c1. The molecule has 0 aromatic carbocycles. The lowest BCUT2D eigenvalue weighted by atomic mass is 10.1. The lowest BCUT2D eigenvalue weighted by Crippen LogP contribution is -2.27. The maximum Gasteiger partial charge on any atom is 0.214 e. The molecule has 0 bridgehead atoms. The Kier molecular flexibility index (Phi) is 5.42. The maximum absolute atomic E-state index is 5.86. The van der Waals surface area contributed by atoms with Crippen LogP contribution in [0.2, 0.25) is 0 Å². The van der Waals surface area contributed by atoms with E-state index in [-0.39, 0.29) is 5.60 Å². The van der Waals surface area contributed by atoms with Crippen molar-refractivity contribution in [3.63, 3.8) is 0 Å². The molecule has 0 saturated carbocycles. The van der Waals surface area contributed by atoms with Gasteiger partial charge in [0.25, 0.3) is 0 Å². The first kappa shape index (κ1) is 14.0. The molecule has 0 aliphatic heterocycles. The fraction of sp³-hybridized carbons (Fsp3) is 0.643. The fourth-order valence-electron chi connectivity index (χ4n) is 1.38. The molecule has 1 heterocycles. The minimum atomic E-state index is -0.150. The quantitative estimate of drug-likeness (QED) is 0.738. The maximum atomic E-state index is 5.86. The van der Waals surface area contributed by atoms with Gasteiger partial charge >= 0.3 is 0 Å². The number of pyridine rings is 1. The van der Waals surface area contributed by atoms with Crippen LogP contribution in [-0.4, -0.2) is 17.1 Å². The van der Waals surface area contributed by atoms with Gasteiger partial charge < -0.3 is 10.1 Å². The third-order valence-corrected chi connectivity index (χ3v) is 2.79. The Morgan fingerprint density at radius 1 is 1.35 bits per heavy atom. The molecule has 0 amide bonds. The first-order valence-corrected chi connectivity index (χ1v) is 6.42. The predicted molar refractivity (Wildman–Crippen MR) is 71.2 cm³/mol. The van der Waals surface area contributed by atoms with Crippen molar-refractivity contribution in [1.29, 1.82) is 0 Å². The van der Waals surface area contributed by atoms with E-state index in [4.69, 9.17) is 4.74 Å². The summed E-state index contributed by atoms with van der Waals surface area (Å²) in [5, 5.41) is 3.37.